The van der Waals surface area contributed by atoms with Gasteiger partial charge in [-0.05, 0) is 18.4 Å². The highest BCUT2D eigenvalue weighted by Crippen LogP contribution is 2.12. The van der Waals surface area contributed by atoms with Crippen molar-refractivity contribution in [2.75, 3.05) is 6.54 Å². The van der Waals surface area contributed by atoms with E-state index in [0.717, 1.165) is 24.8 Å². The molecule has 1 heterocycles. The molecule has 1 fully saturated rings. The predicted molar refractivity (Wildman–Crippen MR) is 77.8 cm³/mol. The molecule has 0 bridgehead atoms. The van der Waals surface area contributed by atoms with Crippen LogP contribution >= 0.6 is 0 Å². The minimum atomic E-state index is -0.666. The smallest absolute Gasteiger partial charge is 0.238 e. The number of aliphatic hydroxyl groups excluding tert-OH is 1. The lowest BCUT2D eigenvalue weighted by Crippen LogP contribution is -2.44. The van der Waals surface area contributed by atoms with Gasteiger partial charge in [-0.3, -0.25) is 10.2 Å². The first-order valence-corrected chi connectivity index (χ1v) is 7.22. The summed E-state index contributed by atoms with van der Waals surface area (Å²) in [5.41, 5.74) is 6.96. The molecule has 0 aliphatic carbocycles. The van der Waals surface area contributed by atoms with Gasteiger partial charge in [0.15, 0.2) is 0 Å². The number of carbonyl (C=O) groups excluding carboxylic acids is 1. The van der Waals surface area contributed by atoms with Crippen molar-refractivity contribution in [1.82, 2.24) is 16.2 Å². The quantitative estimate of drug-likeness (QED) is 0.622. The molecule has 4 N–H and O–H groups in total. The van der Waals surface area contributed by atoms with E-state index in [1.54, 1.807) is 0 Å². The summed E-state index contributed by atoms with van der Waals surface area (Å²) >= 11 is 0. The number of benzene rings is 1. The van der Waals surface area contributed by atoms with Gasteiger partial charge >= 0.3 is 0 Å². The highest BCUT2D eigenvalue weighted by atomic mass is 16.3. The lowest BCUT2D eigenvalue weighted by molar-refractivity contribution is -0.123. The van der Waals surface area contributed by atoms with Crippen LogP contribution in [0.4, 0.5) is 0 Å². The van der Waals surface area contributed by atoms with Crippen molar-refractivity contribution in [2.45, 2.75) is 44.4 Å². The molecule has 20 heavy (non-hydrogen) atoms. The number of hydrogen-bond acceptors (Lipinski definition) is 4. The number of hydrazine groups is 1. The van der Waals surface area contributed by atoms with Gasteiger partial charge in [0.25, 0.3) is 0 Å². The van der Waals surface area contributed by atoms with Crippen LogP contribution in [0.2, 0.25) is 0 Å². The second-order valence-electron chi connectivity index (χ2n) is 5.23. The molecule has 3 atom stereocenters. The van der Waals surface area contributed by atoms with Gasteiger partial charge < -0.3 is 10.4 Å². The van der Waals surface area contributed by atoms with Crippen molar-refractivity contribution in [3.63, 3.8) is 0 Å². The summed E-state index contributed by atoms with van der Waals surface area (Å²) in [6, 6.07) is 9.49. The lowest BCUT2D eigenvalue weighted by atomic mass is 10.1. The number of hydrogen-bond donors (Lipinski definition) is 4. The Morgan fingerprint density at radius 2 is 2.15 bits per heavy atom. The van der Waals surface area contributed by atoms with Crippen LogP contribution in [-0.4, -0.2) is 29.6 Å². The minimum absolute atomic E-state index is 0.0638. The average molecular weight is 277 g/mol. The number of nitrogens with one attached hydrogen (secondary N) is 3. The number of carbonyl (C=O) groups is 1. The zero-order valence-electron chi connectivity index (χ0n) is 11.8. The zero-order valence-corrected chi connectivity index (χ0v) is 11.8. The molecule has 3 unspecified atom stereocenters. The minimum Gasteiger partial charge on any atom is -0.387 e. The van der Waals surface area contributed by atoms with E-state index in [4.69, 9.17) is 0 Å². The van der Waals surface area contributed by atoms with Crippen LogP contribution in [0.15, 0.2) is 30.3 Å². The first-order valence-electron chi connectivity index (χ1n) is 7.22. The maximum Gasteiger partial charge on any atom is 0.238 e. The van der Waals surface area contributed by atoms with Gasteiger partial charge in [0.2, 0.25) is 5.91 Å². The molecule has 1 amide bonds. The Bertz CT molecular complexity index is 424. The highest BCUT2D eigenvalue weighted by Gasteiger charge is 2.28. The SMILES string of the molecule is CCCC1CC(C(=O)NCC(O)c2ccccc2)NN1. The van der Waals surface area contributed by atoms with Crippen molar-refractivity contribution in [2.24, 2.45) is 0 Å². The van der Waals surface area contributed by atoms with Crippen molar-refractivity contribution < 1.29 is 9.90 Å². The summed E-state index contributed by atoms with van der Waals surface area (Å²) in [7, 11) is 0. The summed E-state index contributed by atoms with van der Waals surface area (Å²) in [6.45, 7) is 2.37. The van der Waals surface area contributed by atoms with Gasteiger partial charge in [-0.1, -0.05) is 43.7 Å². The lowest BCUT2D eigenvalue weighted by Gasteiger charge is -2.14. The molecule has 110 valence electrons. The molecule has 0 aromatic heterocycles. The third kappa shape index (κ3) is 4.03. The highest BCUT2D eigenvalue weighted by molar-refractivity contribution is 5.82. The normalized spacial score (nSPS) is 23.5. The van der Waals surface area contributed by atoms with Crippen LogP contribution in [0.5, 0.6) is 0 Å². The summed E-state index contributed by atoms with van der Waals surface area (Å²) in [5, 5.41) is 12.8. The number of rotatable bonds is 6. The summed E-state index contributed by atoms with van der Waals surface area (Å²) in [4.78, 5) is 12.0. The summed E-state index contributed by atoms with van der Waals surface area (Å²) in [5.74, 6) is -0.0638. The standard InChI is InChI=1S/C15H23N3O2/c1-2-6-12-9-13(18-17-12)15(20)16-10-14(19)11-7-4-3-5-8-11/h3-5,7-8,12-14,17-19H,2,6,9-10H2,1H3,(H,16,20). The van der Waals surface area contributed by atoms with Crippen LogP contribution in [-0.2, 0) is 4.79 Å². The Morgan fingerprint density at radius 1 is 1.40 bits per heavy atom. The average Bonchev–Trinajstić information content (AvgIpc) is 2.94. The van der Waals surface area contributed by atoms with Gasteiger partial charge in [0.1, 0.15) is 6.04 Å². The molecule has 5 nitrogen and oxygen atoms in total. The van der Waals surface area contributed by atoms with Crippen molar-refractivity contribution in [3.8, 4) is 0 Å². The molecule has 2 rings (SSSR count). The molecule has 5 heteroatoms. The first kappa shape index (κ1) is 15.0. The Labute approximate surface area is 119 Å². The maximum atomic E-state index is 12.0. The third-order valence-electron chi connectivity index (χ3n) is 3.59. The van der Waals surface area contributed by atoms with E-state index in [9.17, 15) is 9.90 Å². The Kier molecular flexibility index (Phi) is 5.52. The predicted octanol–water partition coefficient (Wildman–Crippen LogP) is 0.871. The first-order chi connectivity index (χ1) is 9.70. The molecule has 1 aliphatic rings. The topological polar surface area (TPSA) is 73.4 Å². The molecule has 1 saturated heterocycles. The van der Waals surface area contributed by atoms with E-state index in [1.807, 2.05) is 30.3 Å². The van der Waals surface area contributed by atoms with E-state index in [-0.39, 0.29) is 18.5 Å². The molecular weight excluding hydrogens is 254 g/mol. The zero-order chi connectivity index (χ0) is 14.4. The summed E-state index contributed by atoms with van der Waals surface area (Å²) in [6.07, 6.45) is 2.28. The van der Waals surface area contributed by atoms with Crippen LogP contribution < -0.4 is 16.2 Å². The van der Waals surface area contributed by atoms with E-state index in [0.29, 0.717) is 6.04 Å². The van der Waals surface area contributed by atoms with Crippen molar-refractivity contribution in [3.05, 3.63) is 35.9 Å². The second-order valence-corrected chi connectivity index (χ2v) is 5.23. The molecule has 0 saturated carbocycles. The molecule has 0 radical (unpaired) electrons. The molecule has 1 aromatic rings. The van der Waals surface area contributed by atoms with Crippen LogP contribution in [0.3, 0.4) is 0 Å². The largest absolute Gasteiger partial charge is 0.387 e. The molecule has 1 aromatic carbocycles. The Hall–Kier alpha value is -1.43. The Morgan fingerprint density at radius 3 is 2.85 bits per heavy atom. The fourth-order valence-corrected chi connectivity index (χ4v) is 2.45. The fourth-order valence-electron chi connectivity index (χ4n) is 2.45. The Balaban J connectivity index is 1.75. The van der Waals surface area contributed by atoms with Crippen molar-refractivity contribution >= 4 is 5.91 Å². The van der Waals surface area contributed by atoms with Gasteiger partial charge in [-0.2, -0.15) is 0 Å². The van der Waals surface area contributed by atoms with E-state index >= 15 is 0 Å². The van der Waals surface area contributed by atoms with E-state index in [2.05, 4.69) is 23.1 Å². The molecular formula is C15H23N3O2. The van der Waals surface area contributed by atoms with Gasteiger partial charge in [-0.15, -0.1) is 0 Å². The molecule has 1 aliphatic heterocycles. The van der Waals surface area contributed by atoms with Gasteiger partial charge in [0.05, 0.1) is 6.10 Å². The van der Waals surface area contributed by atoms with Gasteiger partial charge in [-0.25, -0.2) is 5.43 Å². The van der Waals surface area contributed by atoms with Crippen molar-refractivity contribution in [1.29, 1.82) is 0 Å². The number of amides is 1. The number of aliphatic hydroxyl groups is 1. The van der Waals surface area contributed by atoms with Crippen LogP contribution in [0, 0.1) is 0 Å². The van der Waals surface area contributed by atoms with Crippen LogP contribution in [0.1, 0.15) is 37.9 Å². The third-order valence-corrected chi connectivity index (χ3v) is 3.59. The van der Waals surface area contributed by atoms with Crippen LogP contribution in [0.25, 0.3) is 0 Å². The fraction of sp³-hybridized carbons (Fsp3) is 0.533. The maximum absolute atomic E-state index is 12.0. The monoisotopic (exact) mass is 277 g/mol. The molecule has 0 spiro atoms. The van der Waals surface area contributed by atoms with Gasteiger partial charge in [0, 0.05) is 12.6 Å². The second kappa shape index (κ2) is 7.38. The van der Waals surface area contributed by atoms with E-state index in [1.165, 1.54) is 0 Å². The van der Waals surface area contributed by atoms with E-state index < -0.39 is 6.10 Å². The summed E-state index contributed by atoms with van der Waals surface area (Å²) < 4.78 is 0.